The Morgan fingerprint density at radius 2 is 2.15 bits per heavy atom. The molecule has 100 valence electrons. The van der Waals surface area contributed by atoms with Crippen molar-refractivity contribution < 1.29 is 9.21 Å². The highest BCUT2D eigenvalue weighted by Gasteiger charge is 2.32. The standard InChI is InChI=1S/C14H9ClN2O2S/c15-9-3-1-4-10(7-9)17-13(18)12(16-14(17)20)8-11-5-2-6-19-11/h1-8H,(H,16,20)/b12-8-. The number of amides is 1. The molecule has 1 amide bonds. The molecule has 0 bridgehead atoms. The van der Waals surface area contributed by atoms with E-state index in [-0.39, 0.29) is 5.91 Å². The van der Waals surface area contributed by atoms with Gasteiger partial charge in [-0.2, -0.15) is 0 Å². The van der Waals surface area contributed by atoms with Crippen LogP contribution < -0.4 is 10.2 Å². The van der Waals surface area contributed by atoms with E-state index in [9.17, 15) is 4.79 Å². The Bertz CT molecular complexity index is 710. The fraction of sp³-hybridized carbons (Fsp3) is 0. The van der Waals surface area contributed by atoms with Crippen molar-refractivity contribution in [3.05, 3.63) is 59.1 Å². The summed E-state index contributed by atoms with van der Waals surface area (Å²) in [5.41, 5.74) is 0.993. The van der Waals surface area contributed by atoms with Crippen LogP contribution in [0, 0.1) is 0 Å². The molecular formula is C14H9ClN2O2S. The van der Waals surface area contributed by atoms with E-state index >= 15 is 0 Å². The quantitative estimate of drug-likeness (QED) is 0.683. The van der Waals surface area contributed by atoms with E-state index in [2.05, 4.69) is 5.32 Å². The second kappa shape index (κ2) is 5.11. The van der Waals surface area contributed by atoms with Crippen molar-refractivity contribution in [2.75, 3.05) is 4.90 Å². The molecule has 0 atom stereocenters. The number of thiocarbonyl (C=S) groups is 1. The van der Waals surface area contributed by atoms with Crippen LogP contribution in [0.4, 0.5) is 5.69 Å². The molecular weight excluding hydrogens is 296 g/mol. The number of halogens is 1. The normalized spacial score (nSPS) is 16.9. The molecule has 0 saturated carbocycles. The highest BCUT2D eigenvalue weighted by atomic mass is 35.5. The third-order valence-electron chi connectivity index (χ3n) is 2.77. The lowest BCUT2D eigenvalue weighted by atomic mass is 10.3. The Hall–Kier alpha value is -2.11. The number of benzene rings is 1. The van der Waals surface area contributed by atoms with E-state index in [1.807, 2.05) is 0 Å². The minimum atomic E-state index is -0.242. The maximum absolute atomic E-state index is 12.4. The number of nitrogens with zero attached hydrogens (tertiary/aromatic N) is 1. The van der Waals surface area contributed by atoms with Gasteiger partial charge in [0.25, 0.3) is 5.91 Å². The Morgan fingerprint density at radius 1 is 1.30 bits per heavy atom. The van der Waals surface area contributed by atoms with Crippen LogP contribution in [-0.4, -0.2) is 11.0 Å². The van der Waals surface area contributed by atoms with E-state index in [4.69, 9.17) is 28.2 Å². The first kappa shape index (κ1) is 12.9. The third kappa shape index (κ3) is 2.33. The van der Waals surface area contributed by atoms with Gasteiger partial charge in [-0.1, -0.05) is 17.7 Å². The molecule has 0 radical (unpaired) electrons. The minimum Gasteiger partial charge on any atom is -0.465 e. The van der Waals surface area contributed by atoms with Crippen LogP contribution in [0.1, 0.15) is 5.76 Å². The molecule has 0 unspecified atom stereocenters. The molecule has 6 heteroatoms. The van der Waals surface area contributed by atoms with Crippen LogP contribution >= 0.6 is 23.8 Å². The highest BCUT2D eigenvalue weighted by Crippen LogP contribution is 2.25. The average Bonchev–Trinajstić information content (AvgIpc) is 2.99. The van der Waals surface area contributed by atoms with Crippen LogP contribution in [0.5, 0.6) is 0 Å². The summed E-state index contributed by atoms with van der Waals surface area (Å²) in [5.74, 6) is 0.338. The Labute approximate surface area is 125 Å². The van der Waals surface area contributed by atoms with Crippen molar-refractivity contribution in [2.45, 2.75) is 0 Å². The minimum absolute atomic E-state index is 0.242. The predicted molar refractivity (Wildman–Crippen MR) is 81.4 cm³/mol. The summed E-state index contributed by atoms with van der Waals surface area (Å²) in [6, 6.07) is 10.5. The maximum atomic E-state index is 12.4. The maximum Gasteiger partial charge on any atom is 0.281 e. The van der Waals surface area contributed by atoms with Crippen LogP contribution in [0.3, 0.4) is 0 Å². The van der Waals surface area contributed by atoms with Crippen molar-refractivity contribution in [1.82, 2.24) is 5.32 Å². The molecule has 1 saturated heterocycles. The summed E-state index contributed by atoms with van der Waals surface area (Å²) in [6.07, 6.45) is 3.15. The fourth-order valence-corrected chi connectivity index (χ4v) is 2.38. The summed E-state index contributed by atoms with van der Waals surface area (Å²) in [4.78, 5) is 13.8. The number of carbonyl (C=O) groups is 1. The van der Waals surface area contributed by atoms with Gasteiger partial charge in [0.15, 0.2) is 5.11 Å². The molecule has 1 fully saturated rings. The summed E-state index contributed by atoms with van der Waals surface area (Å²) < 4.78 is 5.19. The van der Waals surface area contributed by atoms with Gasteiger partial charge < -0.3 is 9.73 Å². The van der Waals surface area contributed by atoms with E-state index in [1.165, 1.54) is 4.90 Å². The first-order chi connectivity index (χ1) is 9.65. The van der Waals surface area contributed by atoms with Gasteiger partial charge in [-0.3, -0.25) is 9.69 Å². The van der Waals surface area contributed by atoms with E-state index < -0.39 is 0 Å². The lowest BCUT2D eigenvalue weighted by molar-refractivity contribution is -0.113. The monoisotopic (exact) mass is 304 g/mol. The Balaban J connectivity index is 1.95. The molecule has 1 aliphatic heterocycles. The summed E-state index contributed by atoms with van der Waals surface area (Å²) in [5, 5.41) is 3.73. The van der Waals surface area contributed by atoms with Crippen LogP contribution in [0.2, 0.25) is 5.02 Å². The van der Waals surface area contributed by atoms with Gasteiger partial charge in [-0.05, 0) is 42.5 Å². The topological polar surface area (TPSA) is 45.5 Å². The molecule has 20 heavy (non-hydrogen) atoms. The first-order valence-corrected chi connectivity index (χ1v) is 6.60. The van der Waals surface area contributed by atoms with Gasteiger partial charge in [0.2, 0.25) is 0 Å². The zero-order valence-electron chi connectivity index (χ0n) is 10.2. The third-order valence-corrected chi connectivity index (χ3v) is 3.29. The van der Waals surface area contributed by atoms with E-state index in [1.54, 1.807) is 48.7 Å². The van der Waals surface area contributed by atoms with Gasteiger partial charge in [0, 0.05) is 11.1 Å². The number of furan rings is 1. The largest absolute Gasteiger partial charge is 0.465 e. The van der Waals surface area contributed by atoms with Gasteiger partial charge in [-0.25, -0.2) is 0 Å². The molecule has 1 aromatic heterocycles. The smallest absolute Gasteiger partial charge is 0.281 e. The number of carbonyl (C=O) groups excluding carboxylic acids is 1. The number of nitrogens with one attached hydrogen (secondary N) is 1. The molecule has 1 N–H and O–H groups in total. The predicted octanol–water partition coefficient (Wildman–Crippen LogP) is 3.20. The Morgan fingerprint density at radius 3 is 2.85 bits per heavy atom. The molecule has 0 spiro atoms. The number of anilines is 1. The van der Waals surface area contributed by atoms with Gasteiger partial charge in [0.05, 0.1) is 12.0 Å². The second-order valence-corrected chi connectivity index (χ2v) is 4.95. The molecule has 0 aliphatic carbocycles. The molecule has 4 nitrogen and oxygen atoms in total. The molecule has 2 heterocycles. The summed E-state index contributed by atoms with van der Waals surface area (Å²) >= 11 is 11.1. The van der Waals surface area contributed by atoms with Crippen molar-refractivity contribution in [3.8, 4) is 0 Å². The molecule has 1 aromatic carbocycles. The van der Waals surface area contributed by atoms with Crippen LogP contribution in [0.25, 0.3) is 6.08 Å². The van der Waals surface area contributed by atoms with Crippen molar-refractivity contribution in [1.29, 1.82) is 0 Å². The number of hydrogen-bond donors (Lipinski definition) is 1. The van der Waals surface area contributed by atoms with Crippen LogP contribution in [0.15, 0.2) is 52.8 Å². The summed E-state index contributed by atoms with van der Waals surface area (Å²) in [7, 11) is 0. The number of rotatable bonds is 2. The zero-order chi connectivity index (χ0) is 14.1. The molecule has 2 aromatic rings. The van der Waals surface area contributed by atoms with E-state index in [0.29, 0.717) is 27.3 Å². The second-order valence-electron chi connectivity index (χ2n) is 4.12. The fourth-order valence-electron chi connectivity index (χ4n) is 1.90. The lowest BCUT2D eigenvalue weighted by Crippen LogP contribution is -2.30. The average molecular weight is 305 g/mol. The zero-order valence-corrected chi connectivity index (χ0v) is 11.7. The molecule has 3 rings (SSSR count). The van der Waals surface area contributed by atoms with Crippen molar-refractivity contribution in [3.63, 3.8) is 0 Å². The SMILES string of the molecule is O=C1/C(=C/c2ccco2)NC(=S)N1c1cccc(Cl)c1. The highest BCUT2D eigenvalue weighted by molar-refractivity contribution is 7.80. The van der Waals surface area contributed by atoms with E-state index in [0.717, 1.165) is 0 Å². The first-order valence-electron chi connectivity index (χ1n) is 5.81. The lowest BCUT2D eigenvalue weighted by Gasteiger charge is -2.13. The van der Waals surface area contributed by atoms with Crippen LogP contribution in [-0.2, 0) is 4.79 Å². The Kier molecular flexibility index (Phi) is 3.30. The van der Waals surface area contributed by atoms with Gasteiger partial charge >= 0.3 is 0 Å². The number of hydrogen-bond acceptors (Lipinski definition) is 3. The van der Waals surface area contributed by atoms with Gasteiger partial charge in [-0.15, -0.1) is 0 Å². The van der Waals surface area contributed by atoms with Gasteiger partial charge in [0.1, 0.15) is 11.5 Å². The molecule has 1 aliphatic rings. The summed E-state index contributed by atoms with van der Waals surface area (Å²) in [6.45, 7) is 0. The van der Waals surface area contributed by atoms with Crippen molar-refractivity contribution in [2.24, 2.45) is 0 Å². The van der Waals surface area contributed by atoms with Crippen molar-refractivity contribution >= 4 is 46.6 Å².